The molecular weight excluding hydrogens is 336 g/mol. The molecule has 0 spiro atoms. The van der Waals surface area contributed by atoms with E-state index in [0.29, 0.717) is 12.3 Å². The Morgan fingerprint density at radius 2 is 2.00 bits per heavy atom. The normalized spacial score (nSPS) is 10.2. The van der Waals surface area contributed by atoms with Gasteiger partial charge in [0.2, 0.25) is 5.91 Å². The molecule has 0 aliphatic heterocycles. The van der Waals surface area contributed by atoms with Crippen LogP contribution in [0.25, 0.3) is 0 Å². The van der Waals surface area contributed by atoms with Gasteiger partial charge >= 0.3 is 5.69 Å². The maximum absolute atomic E-state index is 12.5. The number of benzene rings is 1. The van der Waals surface area contributed by atoms with E-state index >= 15 is 0 Å². The number of nitriles is 1. The SMILES string of the molecule is CCn1cc(C#N)c(=O)n(CC(=O)N(C)Cc2ccccc2OC)c1=O. The Kier molecular flexibility index (Phi) is 5.96. The number of methoxy groups -OCH3 is 1. The van der Waals surface area contributed by atoms with Crippen molar-refractivity contribution in [2.75, 3.05) is 14.2 Å². The smallest absolute Gasteiger partial charge is 0.331 e. The van der Waals surface area contributed by atoms with Gasteiger partial charge < -0.3 is 9.64 Å². The lowest BCUT2D eigenvalue weighted by Crippen LogP contribution is -2.44. The number of nitrogens with zero attached hydrogens (tertiary/aromatic N) is 4. The molecule has 1 aromatic heterocycles. The highest BCUT2D eigenvalue weighted by atomic mass is 16.5. The summed E-state index contributed by atoms with van der Waals surface area (Å²) in [4.78, 5) is 38.5. The number of carbonyl (C=O) groups is 1. The van der Waals surface area contributed by atoms with Crippen LogP contribution in [0.4, 0.5) is 0 Å². The van der Waals surface area contributed by atoms with Crippen molar-refractivity contribution >= 4 is 5.91 Å². The molecule has 0 radical (unpaired) electrons. The molecule has 1 aromatic carbocycles. The summed E-state index contributed by atoms with van der Waals surface area (Å²) in [7, 11) is 3.12. The van der Waals surface area contributed by atoms with E-state index in [9.17, 15) is 14.4 Å². The first-order valence-corrected chi connectivity index (χ1v) is 8.03. The Hall–Kier alpha value is -3.34. The molecule has 136 valence electrons. The summed E-state index contributed by atoms with van der Waals surface area (Å²) in [5, 5.41) is 9.06. The molecule has 0 atom stereocenters. The summed E-state index contributed by atoms with van der Waals surface area (Å²) in [6, 6.07) is 9.03. The zero-order valence-electron chi connectivity index (χ0n) is 14.9. The van der Waals surface area contributed by atoms with Crippen molar-refractivity contribution in [1.82, 2.24) is 14.0 Å². The summed E-state index contributed by atoms with van der Waals surface area (Å²) in [6.07, 6.45) is 1.21. The Labute approximate surface area is 150 Å². The Morgan fingerprint density at radius 3 is 2.62 bits per heavy atom. The molecule has 0 fully saturated rings. The van der Waals surface area contributed by atoms with Crippen molar-refractivity contribution < 1.29 is 9.53 Å². The van der Waals surface area contributed by atoms with Gasteiger partial charge in [-0.05, 0) is 13.0 Å². The fourth-order valence-corrected chi connectivity index (χ4v) is 2.53. The number of aryl methyl sites for hydroxylation is 1. The van der Waals surface area contributed by atoms with Crippen LogP contribution in [0.15, 0.2) is 40.1 Å². The number of amides is 1. The largest absolute Gasteiger partial charge is 0.496 e. The minimum Gasteiger partial charge on any atom is -0.496 e. The lowest BCUT2D eigenvalue weighted by atomic mass is 10.2. The second-order valence-electron chi connectivity index (χ2n) is 5.68. The molecule has 8 heteroatoms. The third kappa shape index (κ3) is 3.83. The predicted octanol–water partition coefficient (Wildman–Crippen LogP) is 0.569. The lowest BCUT2D eigenvalue weighted by molar-refractivity contribution is -0.131. The molecule has 0 aliphatic carbocycles. The molecule has 8 nitrogen and oxygen atoms in total. The number of rotatable bonds is 6. The van der Waals surface area contributed by atoms with E-state index in [1.165, 1.54) is 15.7 Å². The third-order valence-electron chi connectivity index (χ3n) is 4.02. The highest BCUT2D eigenvalue weighted by Gasteiger charge is 2.17. The zero-order chi connectivity index (χ0) is 19.3. The highest BCUT2D eigenvalue weighted by Crippen LogP contribution is 2.18. The first-order chi connectivity index (χ1) is 12.4. The zero-order valence-corrected chi connectivity index (χ0v) is 14.9. The lowest BCUT2D eigenvalue weighted by Gasteiger charge is -2.19. The maximum Gasteiger partial charge on any atom is 0.331 e. The molecular formula is C18H20N4O4. The van der Waals surface area contributed by atoms with E-state index in [1.54, 1.807) is 33.2 Å². The van der Waals surface area contributed by atoms with Crippen LogP contribution in [-0.4, -0.2) is 34.1 Å². The number of para-hydroxylation sites is 1. The minimum atomic E-state index is -0.763. The van der Waals surface area contributed by atoms with Gasteiger partial charge in [0.1, 0.15) is 23.9 Å². The van der Waals surface area contributed by atoms with Crippen molar-refractivity contribution in [3.8, 4) is 11.8 Å². The van der Waals surface area contributed by atoms with Crippen LogP contribution < -0.4 is 16.0 Å². The number of carbonyl (C=O) groups excluding carboxylic acids is 1. The number of likely N-dealkylation sites (N-methyl/N-ethyl adjacent to an activating group) is 1. The topological polar surface area (TPSA) is 97.3 Å². The van der Waals surface area contributed by atoms with Crippen LogP contribution in [0.5, 0.6) is 5.75 Å². The molecule has 2 rings (SSSR count). The van der Waals surface area contributed by atoms with Crippen LogP contribution in [-0.2, 0) is 24.4 Å². The Balaban J connectivity index is 2.29. The van der Waals surface area contributed by atoms with Crippen LogP contribution in [0.1, 0.15) is 18.1 Å². The molecule has 1 heterocycles. The van der Waals surface area contributed by atoms with Gasteiger partial charge in [0.15, 0.2) is 0 Å². The standard InChI is InChI=1S/C18H20N4O4/c1-4-21-11-14(9-19)17(24)22(18(21)25)12-16(23)20(2)10-13-7-5-6-8-15(13)26-3/h5-8,11H,4,10,12H2,1-3H3. The van der Waals surface area contributed by atoms with E-state index in [4.69, 9.17) is 10.00 Å². The number of hydrogen-bond donors (Lipinski definition) is 0. The van der Waals surface area contributed by atoms with Gasteiger partial charge in [0.25, 0.3) is 5.56 Å². The van der Waals surface area contributed by atoms with Gasteiger partial charge in [-0.3, -0.25) is 14.2 Å². The summed E-state index contributed by atoms with van der Waals surface area (Å²) in [5.41, 5.74) is -0.752. The fourth-order valence-electron chi connectivity index (χ4n) is 2.53. The first-order valence-electron chi connectivity index (χ1n) is 8.03. The highest BCUT2D eigenvalue weighted by molar-refractivity contribution is 5.75. The van der Waals surface area contributed by atoms with E-state index in [-0.39, 0.29) is 12.1 Å². The Bertz CT molecular complexity index is 968. The summed E-state index contributed by atoms with van der Waals surface area (Å²) < 4.78 is 7.28. The molecule has 0 saturated heterocycles. The van der Waals surface area contributed by atoms with Gasteiger partial charge in [0.05, 0.1) is 7.11 Å². The van der Waals surface area contributed by atoms with Crippen molar-refractivity contribution in [2.45, 2.75) is 26.6 Å². The van der Waals surface area contributed by atoms with Crippen LogP contribution in [0.2, 0.25) is 0 Å². The molecule has 0 saturated carbocycles. The van der Waals surface area contributed by atoms with E-state index in [0.717, 1.165) is 10.1 Å². The molecule has 26 heavy (non-hydrogen) atoms. The molecule has 0 bridgehead atoms. The molecule has 1 amide bonds. The first kappa shape index (κ1) is 19.0. The Morgan fingerprint density at radius 1 is 1.31 bits per heavy atom. The van der Waals surface area contributed by atoms with Crippen molar-refractivity contribution in [3.63, 3.8) is 0 Å². The molecule has 2 aromatic rings. The van der Waals surface area contributed by atoms with Crippen molar-refractivity contribution in [3.05, 3.63) is 62.4 Å². The summed E-state index contributed by atoms with van der Waals surface area (Å²) in [5.74, 6) is 0.219. The van der Waals surface area contributed by atoms with Gasteiger partial charge in [-0.15, -0.1) is 0 Å². The van der Waals surface area contributed by atoms with Crippen LogP contribution in [0, 0.1) is 11.3 Å². The average molecular weight is 356 g/mol. The monoisotopic (exact) mass is 356 g/mol. The fraction of sp³-hybridized carbons (Fsp3) is 0.333. The molecule has 0 unspecified atom stereocenters. The van der Waals surface area contributed by atoms with E-state index in [1.807, 2.05) is 18.2 Å². The van der Waals surface area contributed by atoms with Gasteiger partial charge in [0, 0.05) is 31.9 Å². The summed E-state index contributed by atoms with van der Waals surface area (Å²) >= 11 is 0. The molecule has 0 aliphatic rings. The van der Waals surface area contributed by atoms with Gasteiger partial charge in [-0.2, -0.15) is 5.26 Å². The van der Waals surface area contributed by atoms with Crippen LogP contribution >= 0.6 is 0 Å². The van der Waals surface area contributed by atoms with Crippen molar-refractivity contribution in [2.24, 2.45) is 0 Å². The van der Waals surface area contributed by atoms with Crippen molar-refractivity contribution in [1.29, 1.82) is 5.26 Å². The number of hydrogen-bond acceptors (Lipinski definition) is 5. The number of ether oxygens (including phenoxy) is 1. The van der Waals surface area contributed by atoms with E-state index in [2.05, 4.69) is 0 Å². The quantitative estimate of drug-likeness (QED) is 0.754. The predicted molar refractivity (Wildman–Crippen MR) is 94.8 cm³/mol. The van der Waals surface area contributed by atoms with E-state index < -0.39 is 23.7 Å². The average Bonchev–Trinajstić information content (AvgIpc) is 2.65. The summed E-state index contributed by atoms with van der Waals surface area (Å²) in [6.45, 7) is 1.84. The second kappa shape index (κ2) is 8.16. The molecule has 0 N–H and O–H groups in total. The third-order valence-corrected chi connectivity index (χ3v) is 4.02. The number of aromatic nitrogens is 2. The van der Waals surface area contributed by atoms with Gasteiger partial charge in [-0.1, -0.05) is 18.2 Å². The van der Waals surface area contributed by atoms with Crippen LogP contribution in [0.3, 0.4) is 0 Å². The van der Waals surface area contributed by atoms with Gasteiger partial charge in [-0.25, -0.2) is 9.36 Å². The maximum atomic E-state index is 12.5. The second-order valence-corrected chi connectivity index (χ2v) is 5.68. The minimum absolute atomic E-state index is 0.174.